The van der Waals surface area contributed by atoms with Crippen LogP contribution in [0.1, 0.15) is 13.3 Å². The van der Waals surface area contributed by atoms with Gasteiger partial charge >= 0.3 is 12.0 Å². The summed E-state index contributed by atoms with van der Waals surface area (Å²) in [4.78, 5) is 21.7. The molecule has 0 fully saturated rings. The Hall–Kier alpha value is -0.950. The van der Waals surface area contributed by atoms with E-state index in [-0.39, 0.29) is 6.54 Å². The number of carboxylic acids is 1. The van der Waals surface area contributed by atoms with Crippen molar-refractivity contribution in [3.63, 3.8) is 0 Å². The lowest BCUT2D eigenvalue weighted by Crippen LogP contribution is -2.49. The molecule has 1 atom stereocenters. The Morgan fingerprint density at radius 3 is 2.50 bits per heavy atom. The van der Waals surface area contributed by atoms with Gasteiger partial charge in [0.25, 0.3) is 0 Å². The van der Waals surface area contributed by atoms with Gasteiger partial charge < -0.3 is 20.8 Å². The van der Waals surface area contributed by atoms with Crippen LogP contribution in [0.25, 0.3) is 0 Å². The van der Waals surface area contributed by atoms with E-state index in [1.54, 1.807) is 11.8 Å². The second kappa shape index (κ2) is 7.34. The first-order chi connectivity index (χ1) is 7.40. The number of urea groups is 1. The van der Waals surface area contributed by atoms with Crippen LogP contribution >= 0.6 is 11.8 Å². The summed E-state index contributed by atoms with van der Waals surface area (Å²) >= 11 is 1.69. The van der Waals surface area contributed by atoms with Crippen molar-refractivity contribution in [1.29, 1.82) is 0 Å². The number of amides is 2. The lowest BCUT2D eigenvalue weighted by Gasteiger charge is -2.18. The van der Waals surface area contributed by atoms with Crippen LogP contribution in [-0.2, 0) is 4.79 Å². The van der Waals surface area contributed by atoms with Gasteiger partial charge in [-0.15, -0.1) is 0 Å². The summed E-state index contributed by atoms with van der Waals surface area (Å²) < 4.78 is 0. The molecule has 7 heteroatoms. The van der Waals surface area contributed by atoms with Gasteiger partial charge in [-0.05, 0) is 25.4 Å². The van der Waals surface area contributed by atoms with E-state index < -0.39 is 17.6 Å². The fourth-order valence-corrected chi connectivity index (χ4v) is 1.24. The molecule has 0 saturated carbocycles. The van der Waals surface area contributed by atoms with E-state index in [2.05, 4.69) is 10.6 Å². The van der Waals surface area contributed by atoms with Gasteiger partial charge in [-0.25, -0.2) is 9.59 Å². The minimum Gasteiger partial charge on any atom is -0.479 e. The summed E-state index contributed by atoms with van der Waals surface area (Å²) in [5, 5.41) is 22.7. The molecule has 0 saturated heterocycles. The molecule has 2 amide bonds. The number of hydrogen-bond donors (Lipinski definition) is 4. The molecular formula is C9H18N2O4S. The highest BCUT2D eigenvalue weighted by Gasteiger charge is 2.30. The first kappa shape index (κ1) is 15.0. The van der Waals surface area contributed by atoms with Crippen LogP contribution in [0.3, 0.4) is 0 Å². The second-order valence-corrected chi connectivity index (χ2v) is 4.52. The van der Waals surface area contributed by atoms with E-state index in [1.165, 1.54) is 0 Å². The molecule has 1 unspecified atom stereocenters. The minimum absolute atomic E-state index is 0.323. The summed E-state index contributed by atoms with van der Waals surface area (Å²) in [6.07, 6.45) is 2.83. The Labute approximate surface area is 98.8 Å². The number of hydrogen-bond acceptors (Lipinski definition) is 4. The van der Waals surface area contributed by atoms with Crippen molar-refractivity contribution in [1.82, 2.24) is 10.6 Å². The molecule has 0 aliphatic rings. The zero-order valence-corrected chi connectivity index (χ0v) is 10.3. The Kier molecular flexibility index (Phi) is 6.91. The average Bonchev–Trinajstić information content (AvgIpc) is 2.21. The maximum atomic E-state index is 11.1. The predicted octanol–water partition coefficient (Wildman–Crippen LogP) is -0.126. The largest absolute Gasteiger partial charge is 0.479 e. The van der Waals surface area contributed by atoms with Crippen molar-refractivity contribution in [3.8, 4) is 0 Å². The lowest BCUT2D eigenvalue weighted by atomic mass is 10.1. The van der Waals surface area contributed by atoms with Crippen LogP contribution in [0, 0.1) is 0 Å². The molecule has 0 aromatic heterocycles. The van der Waals surface area contributed by atoms with Crippen LogP contribution in [-0.4, -0.2) is 52.9 Å². The monoisotopic (exact) mass is 250 g/mol. The Morgan fingerprint density at radius 2 is 2.00 bits per heavy atom. The molecule has 0 aromatic carbocycles. The second-order valence-electron chi connectivity index (χ2n) is 3.53. The minimum atomic E-state index is -1.93. The average molecular weight is 250 g/mol. The van der Waals surface area contributed by atoms with Gasteiger partial charge in [0.1, 0.15) is 0 Å². The third kappa shape index (κ3) is 6.52. The number of carbonyl (C=O) groups excluding carboxylic acids is 1. The number of carboxylic acid groups (broad SMARTS) is 1. The van der Waals surface area contributed by atoms with Gasteiger partial charge in [-0.3, -0.25) is 0 Å². The Bertz CT molecular complexity index is 246. The van der Waals surface area contributed by atoms with Crippen molar-refractivity contribution in [3.05, 3.63) is 0 Å². The smallest absolute Gasteiger partial charge is 0.337 e. The highest BCUT2D eigenvalue weighted by molar-refractivity contribution is 7.98. The Balaban J connectivity index is 3.69. The predicted molar refractivity (Wildman–Crippen MR) is 62.7 cm³/mol. The molecule has 0 spiro atoms. The molecule has 94 valence electrons. The topological polar surface area (TPSA) is 98.7 Å². The molecule has 0 aromatic rings. The standard InChI is InChI=1S/C9H18N2O4S/c1-9(15,7(12)13)6-11-8(14)10-4-3-5-16-2/h15H,3-6H2,1-2H3,(H,12,13)(H2,10,11,14). The number of thioether (sulfide) groups is 1. The molecular weight excluding hydrogens is 232 g/mol. The van der Waals surface area contributed by atoms with Crippen molar-refractivity contribution in [2.75, 3.05) is 25.1 Å². The van der Waals surface area contributed by atoms with Crippen LogP contribution in [0.5, 0.6) is 0 Å². The van der Waals surface area contributed by atoms with E-state index in [0.29, 0.717) is 6.54 Å². The lowest BCUT2D eigenvalue weighted by molar-refractivity contribution is -0.155. The maximum absolute atomic E-state index is 11.1. The summed E-state index contributed by atoms with van der Waals surface area (Å²) in [6.45, 7) is 1.34. The normalized spacial score (nSPS) is 13.9. The molecule has 0 aliphatic carbocycles. The van der Waals surface area contributed by atoms with E-state index in [1.807, 2.05) is 6.26 Å². The first-order valence-electron chi connectivity index (χ1n) is 4.86. The fourth-order valence-electron chi connectivity index (χ4n) is 0.809. The third-order valence-corrected chi connectivity index (χ3v) is 2.56. The van der Waals surface area contributed by atoms with Gasteiger partial charge in [-0.2, -0.15) is 11.8 Å². The summed E-state index contributed by atoms with van der Waals surface area (Å²) in [5.41, 5.74) is -1.93. The summed E-state index contributed by atoms with van der Waals surface area (Å²) in [7, 11) is 0. The van der Waals surface area contributed by atoms with Crippen molar-refractivity contribution in [2.45, 2.75) is 18.9 Å². The van der Waals surface area contributed by atoms with Gasteiger partial charge in [0.15, 0.2) is 5.60 Å². The summed E-state index contributed by atoms with van der Waals surface area (Å²) in [6, 6.07) is -0.470. The van der Waals surface area contributed by atoms with E-state index in [4.69, 9.17) is 5.11 Å². The quantitative estimate of drug-likeness (QED) is 0.472. The van der Waals surface area contributed by atoms with Crippen LogP contribution in [0.15, 0.2) is 0 Å². The highest BCUT2D eigenvalue weighted by Crippen LogP contribution is 2.00. The van der Waals surface area contributed by atoms with E-state index in [9.17, 15) is 14.7 Å². The van der Waals surface area contributed by atoms with E-state index in [0.717, 1.165) is 19.1 Å². The van der Waals surface area contributed by atoms with Gasteiger partial charge in [0, 0.05) is 6.54 Å². The molecule has 16 heavy (non-hydrogen) atoms. The molecule has 0 bridgehead atoms. The molecule has 0 aliphatic heterocycles. The SMILES string of the molecule is CSCCCNC(=O)NCC(C)(O)C(=O)O. The molecule has 0 rings (SSSR count). The van der Waals surface area contributed by atoms with Gasteiger partial charge in [0.05, 0.1) is 6.54 Å². The summed E-state index contributed by atoms with van der Waals surface area (Å²) in [5.74, 6) is -0.414. The van der Waals surface area contributed by atoms with Crippen molar-refractivity contribution < 1.29 is 19.8 Å². The van der Waals surface area contributed by atoms with Gasteiger partial charge in [0.2, 0.25) is 0 Å². The fraction of sp³-hybridized carbons (Fsp3) is 0.778. The number of nitrogens with one attached hydrogen (secondary N) is 2. The van der Waals surface area contributed by atoms with Gasteiger partial charge in [-0.1, -0.05) is 0 Å². The number of aliphatic carboxylic acids is 1. The van der Waals surface area contributed by atoms with Crippen molar-refractivity contribution >= 4 is 23.8 Å². The van der Waals surface area contributed by atoms with Crippen LogP contribution in [0.2, 0.25) is 0 Å². The zero-order chi connectivity index (χ0) is 12.6. The molecule has 0 radical (unpaired) electrons. The third-order valence-electron chi connectivity index (χ3n) is 1.86. The molecule has 4 N–H and O–H groups in total. The van der Waals surface area contributed by atoms with Crippen LogP contribution in [0.4, 0.5) is 4.79 Å². The Morgan fingerprint density at radius 1 is 1.38 bits per heavy atom. The molecule has 6 nitrogen and oxygen atoms in total. The zero-order valence-electron chi connectivity index (χ0n) is 9.45. The number of carbonyl (C=O) groups is 2. The van der Waals surface area contributed by atoms with E-state index >= 15 is 0 Å². The highest BCUT2D eigenvalue weighted by atomic mass is 32.2. The first-order valence-corrected chi connectivity index (χ1v) is 6.26. The van der Waals surface area contributed by atoms with Crippen molar-refractivity contribution in [2.24, 2.45) is 0 Å². The molecule has 0 heterocycles. The maximum Gasteiger partial charge on any atom is 0.337 e. The van der Waals surface area contributed by atoms with Crippen LogP contribution < -0.4 is 10.6 Å². The number of rotatable bonds is 7. The number of aliphatic hydroxyl groups is 1.